The summed E-state index contributed by atoms with van der Waals surface area (Å²) in [6.07, 6.45) is 2.49. The molecule has 0 saturated heterocycles. The largest absolute Gasteiger partial charge is 0.468 e. The van der Waals surface area contributed by atoms with Gasteiger partial charge in [-0.2, -0.15) is 5.10 Å². The van der Waals surface area contributed by atoms with Crippen molar-refractivity contribution in [1.82, 2.24) is 9.55 Å². The van der Waals surface area contributed by atoms with Crippen molar-refractivity contribution in [1.29, 1.82) is 0 Å². The maximum Gasteiger partial charge on any atom is 0.294 e. The Bertz CT molecular complexity index is 1400. The fraction of sp³-hybridized carbons (Fsp3) is 0.393. The van der Waals surface area contributed by atoms with E-state index in [9.17, 15) is 25.0 Å². The van der Waals surface area contributed by atoms with Gasteiger partial charge in [-0.3, -0.25) is 4.79 Å². The number of aryl methyl sites for hydroxylation is 1. The summed E-state index contributed by atoms with van der Waals surface area (Å²) in [4.78, 5) is 42.2. The van der Waals surface area contributed by atoms with Crippen LogP contribution >= 0.6 is 11.6 Å². The van der Waals surface area contributed by atoms with E-state index in [0.717, 1.165) is 54.0 Å². The minimum Gasteiger partial charge on any atom is -0.468 e. The van der Waals surface area contributed by atoms with Crippen LogP contribution in [-0.2, 0) is 32.2 Å². The van der Waals surface area contributed by atoms with Gasteiger partial charge in [0.15, 0.2) is 5.84 Å². The predicted molar refractivity (Wildman–Crippen MR) is 163 cm³/mol. The van der Waals surface area contributed by atoms with E-state index >= 15 is 0 Å². The Hall–Kier alpha value is -4.92. The van der Waals surface area contributed by atoms with Crippen LogP contribution in [0, 0.1) is 27.2 Å². The number of hydrazone groups is 1. The first-order chi connectivity index (χ1) is 21.1. The molecule has 0 bridgehead atoms. The molecular formula is C28H36ClN7O8. The molecule has 3 rings (SSSR count). The molecular weight excluding hydrogens is 598 g/mol. The molecule has 0 radical (unpaired) electrons. The van der Waals surface area contributed by atoms with Crippen LogP contribution in [0.3, 0.4) is 0 Å². The minimum atomic E-state index is -1.07. The van der Waals surface area contributed by atoms with Crippen molar-refractivity contribution in [2.24, 2.45) is 16.7 Å². The second-order valence-electron chi connectivity index (χ2n) is 9.43. The summed E-state index contributed by atoms with van der Waals surface area (Å²) in [5.74, 6) is 6.74. The van der Waals surface area contributed by atoms with E-state index in [4.69, 9.17) is 23.2 Å². The van der Waals surface area contributed by atoms with Crippen molar-refractivity contribution in [3.63, 3.8) is 0 Å². The van der Waals surface area contributed by atoms with Gasteiger partial charge >= 0.3 is 0 Å². The van der Waals surface area contributed by atoms with Gasteiger partial charge in [-0.15, -0.1) is 20.2 Å². The Morgan fingerprint density at radius 1 is 1.14 bits per heavy atom. The van der Waals surface area contributed by atoms with Gasteiger partial charge in [0.25, 0.3) is 16.6 Å². The van der Waals surface area contributed by atoms with Crippen LogP contribution in [0.4, 0.5) is 0 Å². The number of hydrogen-bond acceptors (Lipinski definition) is 11. The third kappa shape index (κ3) is 11.4. The summed E-state index contributed by atoms with van der Waals surface area (Å²) in [5, 5.41) is 22.0. The number of aromatic nitrogens is 2. The highest BCUT2D eigenvalue weighted by Crippen LogP contribution is 2.25. The Balaban J connectivity index is 0.000000362. The first kappa shape index (κ1) is 35.3. The highest BCUT2D eigenvalue weighted by molar-refractivity contribution is 6.30. The lowest BCUT2D eigenvalue weighted by Crippen LogP contribution is -2.25. The molecule has 1 atom stereocenters. The zero-order chi connectivity index (χ0) is 32.5. The van der Waals surface area contributed by atoms with Gasteiger partial charge in [0, 0.05) is 18.5 Å². The third-order valence-corrected chi connectivity index (χ3v) is 6.76. The molecule has 3 aromatic rings. The number of amidine groups is 1. The molecule has 1 unspecified atom stereocenters. The average Bonchev–Trinajstić information content (AvgIpc) is 3.28. The summed E-state index contributed by atoms with van der Waals surface area (Å²) in [6.45, 7) is 4.69. The molecule has 4 N–H and O–H groups in total. The zero-order valence-corrected chi connectivity index (χ0v) is 25.2. The standard InChI is InChI=1S/C22H26ClN5.C6H10N2O8/c1-3-4-9-20-26-21(23)15(2)28(20)14-16-10-12-17(13-11-16)18-7-5-6-8-19(18)22(24)27-25;9-5-14-3-1-2-6(16-8(12)13)4-15-7(10)11/h5-8,10-13H,3-4,9,14,25H2,1-2H3,(H2,24,27);5-6H,1-4H2. The maximum atomic E-state index is 10.0. The molecule has 44 heavy (non-hydrogen) atoms. The fourth-order valence-electron chi connectivity index (χ4n) is 4.17. The summed E-state index contributed by atoms with van der Waals surface area (Å²) < 4.78 is 6.54. The lowest BCUT2D eigenvalue weighted by molar-refractivity contribution is -0.790. The molecule has 2 aromatic carbocycles. The van der Waals surface area contributed by atoms with Crippen molar-refractivity contribution < 1.29 is 29.4 Å². The molecule has 0 aliphatic carbocycles. The van der Waals surface area contributed by atoms with Crippen molar-refractivity contribution in [3.8, 4) is 11.1 Å². The monoisotopic (exact) mass is 633 g/mol. The number of ether oxygens (including phenoxy) is 1. The van der Waals surface area contributed by atoms with Gasteiger partial charge in [0.1, 0.15) is 23.7 Å². The van der Waals surface area contributed by atoms with Crippen LogP contribution < -0.4 is 11.6 Å². The second-order valence-corrected chi connectivity index (χ2v) is 9.79. The van der Waals surface area contributed by atoms with Gasteiger partial charge in [0.2, 0.25) is 0 Å². The number of unbranched alkanes of at least 4 members (excludes halogenated alkanes) is 1. The number of rotatable bonds is 17. The molecule has 15 nitrogen and oxygen atoms in total. The zero-order valence-electron chi connectivity index (χ0n) is 24.5. The molecule has 1 aromatic heterocycles. The van der Waals surface area contributed by atoms with Crippen LogP contribution in [0.25, 0.3) is 11.1 Å². The van der Waals surface area contributed by atoms with Gasteiger partial charge in [-0.1, -0.05) is 73.5 Å². The molecule has 1 heterocycles. The van der Waals surface area contributed by atoms with E-state index in [0.29, 0.717) is 11.0 Å². The molecule has 0 spiro atoms. The van der Waals surface area contributed by atoms with E-state index in [1.54, 1.807) is 0 Å². The second kappa shape index (κ2) is 18.6. The van der Waals surface area contributed by atoms with Crippen LogP contribution in [-0.4, -0.2) is 51.3 Å². The quantitative estimate of drug-likeness (QED) is 0.0408. The Labute approximate surface area is 258 Å². The molecule has 0 aliphatic heterocycles. The molecule has 0 aliphatic rings. The number of imidazole rings is 1. The fourth-order valence-corrected chi connectivity index (χ4v) is 4.37. The average molecular weight is 634 g/mol. The lowest BCUT2D eigenvalue weighted by atomic mass is 9.98. The number of carbonyl (C=O) groups is 1. The topological polar surface area (TPSA) is 213 Å². The number of nitrogens with zero attached hydrogens (tertiary/aromatic N) is 5. The predicted octanol–water partition coefficient (Wildman–Crippen LogP) is 4.21. The van der Waals surface area contributed by atoms with E-state index in [2.05, 4.69) is 60.3 Å². The van der Waals surface area contributed by atoms with E-state index < -0.39 is 22.9 Å². The summed E-state index contributed by atoms with van der Waals surface area (Å²) in [5.41, 5.74) is 11.0. The van der Waals surface area contributed by atoms with Crippen LogP contribution in [0.2, 0.25) is 5.15 Å². The summed E-state index contributed by atoms with van der Waals surface area (Å²) >= 11 is 6.28. The highest BCUT2D eigenvalue weighted by atomic mass is 35.5. The molecule has 0 amide bonds. The van der Waals surface area contributed by atoms with Gasteiger partial charge in [0.05, 0.1) is 12.3 Å². The van der Waals surface area contributed by atoms with Crippen molar-refractivity contribution >= 4 is 23.9 Å². The van der Waals surface area contributed by atoms with Crippen LogP contribution in [0.1, 0.15) is 55.3 Å². The third-order valence-electron chi connectivity index (χ3n) is 6.40. The van der Waals surface area contributed by atoms with Gasteiger partial charge in [-0.05, 0) is 42.9 Å². The number of benzene rings is 2. The van der Waals surface area contributed by atoms with Crippen LogP contribution in [0.15, 0.2) is 53.6 Å². The first-order valence-electron chi connectivity index (χ1n) is 13.7. The van der Waals surface area contributed by atoms with Crippen molar-refractivity contribution in [3.05, 3.63) is 96.6 Å². The molecule has 0 fully saturated rings. The number of halogens is 1. The highest BCUT2D eigenvalue weighted by Gasteiger charge is 2.16. The first-order valence-corrected chi connectivity index (χ1v) is 14.1. The van der Waals surface area contributed by atoms with Crippen LogP contribution in [0.5, 0.6) is 0 Å². The summed E-state index contributed by atoms with van der Waals surface area (Å²) in [7, 11) is 0. The summed E-state index contributed by atoms with van der Waals surface area (Å²) in [6, 6.07) is 16.3. The lowest BCUT2D eigenvalue weighted by Gasteiger charge is -2.12. The smallest absolute Gasteiger partial charge is 0.294 e. The molecule has 16 heteroatoms. The maximum absolute atomic E-state index is 10.0. The Morgan fingerprint density at radius 2 is 1.84 bits per heavy atom. The molecule has 238 valence electrons. The SMILES string of the molecule is CCCCc1nc(Cl)c(C)n1Cc1ccc(-c2ccccc2/C(N)=N/N)cc1.O=COCCCC(CO[N+](=O)[O-])O[N+](=O)[O-]. The Morgan fingerprint density at radius 3 is 2.45 bits per heavy atom. The van der Waals surface area contributed by atoms with Crippen molar-refractivity contribution in [2.75, 3.05) is 13.2 Å². The van der Waals surface area contributed by atoms with E-state index in [1.807, 2.05) is 31.2 Å². The number of carbonyl (C=O) groups excluding carboxylic acids is 1. The van der Waals surface area contributed by atoms with E-state index in [1.165, 1.54) is 5.56 Å². The Kier molecular flexibility index (Phi) is 14.9. The number of nitrogens with two attached hydrogens (primary N) is 2. The van der Waals surface area contributed by atoms with Gasteiger partial charge < -0.3 is 30.6 Å². The number of hydrogen-bond donors (Lipinski definition) is 2. The minimum absolute atomic E-state index is 0.0551. The van der Waals surface area contributed by atoms with Gasteiger partial charge in [-0.25, -0.2) is 4.98 Å². The molecule has 0 saturated carbocycles. The van der Waals surface area contributed by atoms with Crippen molar-refractivity contribution in [2.45, 2.75) is 58.6 Å². The van der Waals surface area contributed by atoms with E-state index in [-0.39, 0.29) is 25.9 Å². The normalized spacial score (nSPS) is 11.6.